The molecule has 0 spiro atoms. The summed E-state index contributed by atoms with van der Waals surface area (Å²) in [5.74, 6) is 1.07. The monoisotopic (exact) mass is 368 g/mol. The summed E-state index contributed by atoms with van der Waals surface area (Å²) >= 11 is 3.58. The van der Waals surface area contributed by atoms with Crippen LogP contribution in [0.3, 0.4) is 0 Å². The normalized spacial score (nSPS) is 18.9. The van der Waals surface area contributed by atoms with Gasteiger partial charge in [0.1, 0.15) is 0 Å². The summed E-state index contributed by atoms with van der Waals surface area (Å²) in [4.78, 5) is 11.3. The second-order valence-corrected chi connectivity index (χ2v) is 7.39. The number of hydrogen-bond acceptors (Lipinski definition) is 3. The summed E-state index contributed by atoms with van der Waals surface area (Å²) < 4.78 is 12.7. The van der Waals surface area contributed by atoms with Gasteiger partial charge >= 0.3 is 5.97 Å². The molecule has 1 saturated carbocycles. The Kier molecular flexibility index (Phi) is 4.10. The highest BCUT2D eigenvalue weighted by Crippen LogP contribution is 2.57. The van der Waals surface area contributed by atoms with Gasteiger partial charge in [0.05, 0.1) is 24.1 Å². The van der Waals surface area contributed by atoms with Crippen LogP contribution in [0, 0.1) is 0 Å². The van der Waals surface area contributed by atoms with Gasteiger partial charge < -0.3 is 14.6 Å². The fraction of sp³-hybridized carbons (Fsp3) is 0.588. The largest absolute Gasteiger partial charge is 0.489 e. The molecule has 1 aliphatic carbocycles. The molecule has 0 saturated heterocycles. The first-order valence-corrected chi connectivity index (χ1v) is 8.58. The number of carbonyl (C=O) groups is 1. The topological polar surface area (TPSA) is 55.8 Å². The molecule has 1 heterocycles. The number of rotatable bonds is 4. The van der Waals surface area contributed by atoms with Gasteiger partial charge in [0.15, 0.2) is 11.5 Å². The minimum absolute atomic E-state index is 0.179. The molecule has 1 fully saturated rings. The molecule has 1 aliphatic heterocycles. The number of hydrogen-bond donors (Lipinski definition) is 1. The Morgan fingerprint density at radius 3 is 2.50 bits per heavy atom. The number of ether oxygens (including phenoxy) is 2. The second-order valence-electron chi connectivity index (χ2n) is 6.53. The molecule has 5 heteroatoms. The lowest BCUT2D eigenvalue weighted by atomic mass is 9.83. The Morgan fingerprint density at radius 2 is 1.95 bits per heavy atom. The lowest BCUT2D eigenvalue weighted by molar-refractivity contribution is -0.137. The molecule has 0 amide bonds. The van der Waals surface area contributed by atoms with E-state index in [9.17, 15) is 9.90 Å². The first-order valence-electron chi connectivity index (χ1n) is 7.79. The maximum Gasteiger partial charge on any atom is 0.304 e. The maximum atomic E-state index is 11.3. The van der Waals surface area contributed by atoms with Crippen LogP contribution in [-0.2, 0) is 10.2 Å². The van der Waals surface area contributed by atoms with E-state index in [0.717, 1.165) is 46.4 Å². The molecule has 1 aromatic rings. The van der Waals surface area contributed by atoms with Crippen LogP contribution in [0.4, 0.5) is 0 Å². The van der Waals surface area contributed by atoms with Gasteiger partial charge in [0.25, 0.3) is 0 Å². The van der Waals surface area contributed by atoms with Crippen LogP contribution >= 0.6 is 15.9 Å². The van der Waals surface area contributed by atoms with Crippen molar-refractivity contribution in [1.29, 1.82) is 0 Å². The highest BCUT2D eigenvalue weighted by atomic mass is 79.9. The fourth-order valence-corrected chi connectivity index (χ4v) is 3.83. The fourth-order valence-electron chi connectivity index (χ4n) is 3.30. The van der Waals surface area contributed by atoms with Gasteiger partial charge in [0.2, 0.25) is 0 Å². The van der Waals surface area contributed by atoms with Crippen molar-refractivity contribution in [3.8, 4) is 11.5 Å². The third-order valence-electron chi connectivity index (χ3n) is 4.50. The van der Waals surface area contributed by atoms with E-state index in [1.54, 1.807) is 0 Å². The van der Waals surface area contributed by atoms with Gasteiger partial charge in [-0.15, -0.1) is 0 Å². The van der Waals surface area contributed by atoms with E-state index in [4.69, 9.17) is 9.47 Å². The molecule has 2 aliphatic rings. The molecule has 3 rings (SSSR count). The van der Waals surface area contributed by atoms with Crippen LogP contribution in [0.1, 0.15) is 56.6 Å². The van der Waals surface area contributed by atoms with Crippen LogP contribution in [0.5, 0.6) is 11.5 Å². The molecule has 0 aromatic heterocycles. The molecular formula is C17H21BrO4. The lowest BCUT2D eigenvalue weighted by Crippen LogP contribution is -2.17. The number of carboxylic acids is 1. The number of fused-ring (bicyclic) bond motifs is 1. The third-order valence-corrected chi connectivity index (χ3v) is 5.09. The zero-order valence-electron chi connectivity index (χ0n) is 12.9. The van der Waals surface area contributed by atoms with E-state index in [2.05, 4.69) is 35.8 Å². The van der Waals surface area contributed by atoms with Crippen LogP contribution in [-0.4, -0.2) is 24.3 Å². The average Bonchev–Trinajstić information content (AvgIpc) is 3.21. The molecule has 22 heavy (non-hydrogen) atoms. The Morgan fingerprint density at radius 1 is 1.32 bits per heavy atom. The smallest absolute Gasteiger partial charge is 0.304 e. The van der Waals surface area contributed by atoms with Crippen molar-refractivity contribution in [1.82, 2.24) is 0 Å². The van der Waals surface area contributed by atoms with Crippen LogP contribution < -0.4 is 9.47 Å². The van der Waals surface area contributed by atoms with Crippen LogP contribution in [0.2, 0.25) is 0 Å². The Labute approximate surface area is 138 Å². The summed E-state index contributed by atoms with van der Waals surface area (Å²) in [6, 6.07) is 2.05. The number of aliphatic carboxylic acids is 1. The lowest BCUT2D eigenvalue weighted by Gasteiger charge is -2.25. The van der Waals surface area contributed by atoms with Gasteiger partial charge in [0, 0.05) is 17.4 Å². The summed E-state index contributed by atoms with van der Waals surface area (Å²) in [6.45, 7) is 5.52. The highest BCUT2D eigenvalue weighted by Gasteiger charge is 2.48. The van der Waals surface area contributed by atoms with E-state index >= 15 is 0 Å². The Balaban J connectivity index is 2.16. The SMILES string of the molecule is CC(C)c1c(C2(CC(=O)O)CC2)cc(Br)c2c1OCCCO2. The van der Waals surface area contributed by atoms with Gasteiger partial charge in [-0.2, -0.15) is 0 Å². The summed E-state index contributed by atoms with van der Waals surface area (Å²) in [5.41, 5.74) is 1.98. The average molecular weight is 369 g/mol. The highest BCUT2D eigenvalue weighted by molar-refractivity contribution is 9.10. The molecule has 1 N–H and O–H groups in total. The summed E-state index contributed by atoms with van der Waals surface area (Å²) in [5, 5.41) is 9.26. The van der Waals surface area contributed by atoms with Gasteiger partial charge in [-0.1, -0.05) is 13.8 Å². The molecule has 0 unspecified atom stereocenters. The molecular weight excluding hydrogens is 348 g/mol. The van der Waals surface area contributed by atoms with E-state index in [1.165, 1.54) is 0 Å². The molecule has 120 valence electrons. The van der Waals surface area contributed by atoms with Crippen LogP contribution in [0.25, 0.3) is 0 Å². The first-order chi connectivity index (χ1) is 10.4. The van der Waals surface area contributed by atoms with Crippen molar-refractivity contribution < 1.29 is 19.4 Å². The van der Waals surface area contributed by atoms with Crippen molar-refractivity contribution in [2.75, 3.05) is 13.2 Å². The Hall–Kier alpha value is -1.23. The first kappa shape index (κ1) is 15.7. The number of benzene rings is 1. The Bertz CT molecular complexity index is 605. The number of halogens is 1. The molecule has 1 aromatic carbocycles. The van der Waals surface area contributed by atoms with Gasteiger partial charge in [-0.05, 0) is 46.3 Å². The molecule has 0 radical (unpaired) electrons. The number of carboxylic acid groups (broad SMARTS) is 1. The zero-order valence-corrected chi connectivity index (χ0v) is 14.5. The van der Waals surface area contributed by atoms with E-state index < -0.39 is 5.97 Å². The van der Waals surface area contributed by atoms with E-state index in [1.807, 2.05) is 0 Å². The second kappa shape index (κ2) is 5.76. The molecule has 4 nitrogen and oxygen atoms in total. The predicted molar refractivity (Wildman–Crippen MR) is 87.0 cm³/mol. The van der Waals surface area contributed by atoms with E-state index in [-0.39, 0.29) is 17.8 Å². The quantitative estimate of drug-likeness (QED) is 0.863. The van der Waals surface area contributed by atoms with Crippen LogP contribution in [0.15, 0.2) is 10.5 Å². The van der Waals surface area contributed by atoms with Crippen molar-refractivity contribution in [3.05, 3.63) is 21.7 Å². The third kappa shape index (κ3) is 2.71. The predicted octanol–water partition coefficient (Wildman–Crippen LogP) is 4.24. The zero-order chi connectivity index (χ0) is 15.9. The van der Waals surface area contributed by atoms with Gasteiger partial charge in [-0.3, -0.25) is 4.79 Å². The minimum atomic E-state index is -0.740. The van der Waals surface area contributed by atoms with Crippen molar-refractivity contribution in [3.63, 3.8) is 0 Å². The standard InChI is InChI=1S/C17H21BrO4/c1-10(2)14-11(17(4-5-17)9-13(19)20)8-12(18)15-16(14)22-7-3-6-21-15/h8,10H,3-7,9H2,1-2H3,(H,19,20). The molecule has 0 atom stereocenters. The molecule has 0 bridgehead atoms. The maximum absolute atomic E-state index is 11.3. The van der Waals surface area contributed by atoms with Crippen molar-refractivity contribution in [2.45, 2.75) is 50.9 Å². The van der Waals surface area contributed by atoms with Crippen molar-refractivity contribution in [2.24, 2.45) is 0 Å². The van der Waals surface area contributed by atoms with Crippen molar-refractivity contribution >= 4 is 21.9 Å². The van der Waals surface area contributed by atoms with E-state index in [0.29, 0.717) is 13.2 Å². The summed E-state index contributed by atoms with van der Waals surface area (Å²) in [7, 11) is 0. The van der Waals surface area contributed by atoms with Gasteiger partial charge in [-0.25, -0.2) is 0 Å². The summed E-state index contributed by atoms with van der Waals surface area (Å²) in [6.07, 6.45) is 2.88. The minimum Gasteiger partial charge on any atom is -0.489 e.